The fourth-order valence-electron chi connectivity index (χ4n) is 2.02. The second-order valence-electron chi connectivity index (χ2n) is 4.39. The highest BCUT2D eigenvalue weighted by Gasteiger charge is 2.14. The Morgan fingerprint density at radius 1 is 1.50 bits per heavy atom. The molecule has 0 fully saturated rings. The van der Waals surface area contributed by atoms with E-state index < -0.39 is 0 Å². The summed E-state index contributed by atoms with van der Waals surface area (Å²) in [4.78, 5) is 0. The van der Waals surface area contributed by atoms with Gasteiger partial charge in [0.1, 0.15) is 0 Å². The zero-order valence-electron chi connectivity index (χ0n) is 10.3. The highest BCUT2D eigenvalue weighted by molar-refractivity contribution is 9.10. The first kappa shape index (κ1) is 13.6. The van der Waals surface area contributed by atoms with Crippen LogP contribution in [0.5, 0.6) is 0 Å². The molecule has 1 aromatic carbocycles. The fraction of sp³-hybridized carbons (Fsp3) is 0.308. The summed E-state index contributed by atoms with van der Waals surface area (Å²) >= 11 is 9.59. The Balaban J connectivity index is 2.21. The van der Waals surface area contributed by atoms with Crippen molar-refractivity contribution in [3.8, 4) is 0 Å². The largest absolute Gasteiger partial charge is 0.324 e. The molecule has 2 rings (SSSR count). The molecular weight excluding hydrogens is 314 g/mol. The molecule has 0 aliphatic rings. The Kier molecular flexibility index (Phi) is 4.10. The number of nitrogens with two attached hydrogens (primary N) is 1. The van der Waals surface area contributed by atoms with E-state index in [2.05, 4.69) is 21.0 Å². The average Bonchev–Trinajstić information content (AvgIpc) is 2.62. The molecule has 3 nitrogen and oxygen atoms in total. The van der Waals surface area contributed by atoms with Gasteiger partial charge in [-0.2, -0.15) is 5.10 Å². The fourth-order valence-corrected chi connectivity index (χ4v) is 2.77. The third-order valence-corrected chi connectivity index (χ3v) is 3.75. The molecule has 0 amide bonds. The SMILES string of the molecule is Cc1nn(C)cc1C(N)Cc1ccc(Br)cc1Cl. The van der Waals surface area contributed by atoms with Crippen LogP contribution in [-0.2, 0) is 13.5 Å². The van der Waals surface area contributed by atoms with Gasteiger partial charge in [0.2, 0.25) is 0 Å². The summed E-state index contributed by atoms with van der Waals surface area (Å²) < 4.78 is 2.76. The number of benzene rings is 1. The van der Waals surface area contributed by atoms with Crippen LogP contribution < -0.4 is 5.73 Å². The van der Waals surface area contributed by atoms with Gasteiger partial charge in [-0.3, -0.25) is 4.68 Å². The minimum absolute atomic E-state index is 0.0858. The number of hydrogen-bond acceptors (Lipinski definition) is 2. The quantitative estimate of drug-likeness (QED) is 0.938. The van der Waals surface area contributed by atoms with Gasteiger partial charge in [0.05, 0.1) is 5.69 Å². The van der Waals surface area contributed by atoms with E-state index in [-0.39, 0.29) is 6.04 Å². The van der Waals surface area contributed by atoms with E-state index in [4.69, 9.17) is 17.3 Å². The van der Waals surface area contributed by atoms with Crippen molar-refractivity contribution in [2.45, 2.75) is 19.4 Å². The third kappa shape index (κ3) is 2.94. The van der Waals surface area contributed by atoms with E-state index in [9.17, 15) is 0 Å². The topological polar surface area (TPSA) is 43.8 Å². The maximum atomic E-state index is 6.22. The molecule has 96 valence electrons. The van der Waals surface area contributed by atoms with Crippen LogP contribution in [0.2, 0.25) is 5.02 Å². The van der Waals surface area contributed by atoms with Crippen molar-refractivity contribution in [3.63, 3.8) is 0 Å². The lowest BCUT2D eigenvalue weighted by atomic mass is 10.0. The van der Waals surface area contributed by atoms with Crippen molar-refractivity contribution in [1.82, 2.24) is 9.78 Å². The Bertz CT molecular complexity index is 565. The number of aromatic nitrogens is 2. The Morgan fingerprint density at radius 2 is 2.22 bits per heavy atom. The minimum Gasteiger partial charge on any atom is -0.324 e. The monoisotopic (exact) mass is 327 g/mol. The van der Waals surface area contributed by atoms with E-state index in [1.165, 1.54) is 0 Å². The number of nitrogens with zero attached hydrogens (tertiary/aromatic N) is 2. The van der Waals surface area contributed by atoms with Crippen LogP contribution in [0.1, 0.15) is 22.9 Å². The number of aryl methyl sites for hydroxylation is 2. The summed E-state index contributed by atoms with van der Waals surface area (Å²) in [6, 6.07) is 5.78. The summed E-state index contributed by atoms with van der Waals surface area (Å²) in [5, 5.41) is 5.04. The Hall–Kier alpha value is -0.840. The molecule has 0 aliphatic heterocycles. The van der Waals surface area contributed by atoms with Crippen LogP contribution >= 0.6 is 27.5 Å². The van der Waals surface area contributed by atoms with Crippen LogP contribution in [0, 0.1) is 6.92 Å². The second-order valence-corrected chi connectivity index (χ2v) is 5.71. The van der Waals surface area contributed by atoms with Crippen molar-refractivity contribution in [3.05, 3.63) is 50.7 Å². The molecule has 0 spiro atoms. The van der Waals surface area contributed by atoms with Crippen LogP contribution in [0.25, 0.3) is 0 Å². The zero-order chi connectivity index (χ0) is 13.3. The molecule has 2 aromatic rings. The van der Waals surface area contributed by atoms with Gasteiger partial charge >= 0.3 is 0 Å². The van der Waals surface area contributed by atoms with E-state index in [0.717, 1.165) is 26.3 Å². The lowest BCUT2D eigenvalue weighted by Gasteiger charge is -2.12. The highest BCUT2D eigenvalue weighted by Crippen LogP contribution is 2.26. The molecule has 0 bridgehead atoms. The summed E-state index contributed by atoms with van der Waals surface area (Å²) in [5.74, 6) is 0. The van der Waals surface area contributed by atoms with Gasteiger partial charge in [0, 0.05) is 34.3 Å². The van der Waals surface area contributed by atoms with Gasteiger partial charge < -0.3 is 5.73 Å². The first-order chi connectivity index (χ1) is 8.47. The standard InChI is InChI=1S/C13H15BrClN3/c1-8-11(7-18(2)17-8)13(16)5-9-3-4-10(14)6-12(9)15/h3-4,6-7,13H,5,16H2,1-2H3. The van der Waals surface area contributed by atoms with Crippen molar-refractivity contribution < 1.29 is 0 Å². The summed E-state index contributed by atoms with van der Waals surface area (Å²) in [6.45, 7) is 1.97. The molecule has 1 aromatic heterocycles. The number of hydrogen-bond donors (Lipinski definition) is 1. The zero-order valence-corrected chi connectivity index (χ0v) is 12.7. The number of halogens is 2. The van der Waals surface area contributed by atoms with Gasteiger partial charge in [-0.05, 0) is 31.0 Å². The van der Waals surface area contributed by atoms with E-state index in [1.54, 1.807) is 4.68 Å². The van der Waals surface area contributed by atoms with Gasteiger partial charge in [-0.1, -0.05) is 33.6 Å². The molecule has 1 unspecified atom stereocenters. The molecule has 18 heavy (non-hydrogen) atoms. The third-order valence-electron chi connectivity index (χ3n) is 2.91. The Labute approximate surface area is 120 Å². The lowest BCUT2D eigenvalue weighted by Crippen LogP contribution is -2.14. The van der Waals surface area contributed by atoms with Gasteiger partial charge in [-0.25, -0.2) is 0 Å². The van der Waals surface area contributed by atoms with Gasteiger partial charge in [-0.15, -0.1) is 0 Å². The van der Waals surface area contributed by atoms with Crippen molar-refractivity contribution in [1.29, 1.82) is 0 Å². The van der Waals surface area contributed by atoms with Crippen molar-refractivity contribution in [2.75, 3.05) is 0 Å². The molecule has 0 saturated heterocycles. The highest BCUT2D eigenvalue weighted by atomic mass is 79.9. The first-order valence-electron chi connectivity index (χ1n) is 5.67. The van der Waals surface area contributed by atoms with Gasteiger partial charge in [0.15, 0.2) is 0 Å². The molecule has 1 atom stereocenters. The molecule has 0 aliphatic carbocycles. The minimum atomic E-state index is -0.0858. The maximum Gasteiger partial charge on any atom is 0.0641 e. The average molecular weight is 329 g/mol. The predicted molar refractivity (Wildman–Crippen MR) is 77.7 cm³/mol. The summed E-state index contributed by atoms with van der Waals surface area (Å²) in [5.41, 5.74) is 9.31. The van der Waals surface area contributed by atoms with Crippen LogP contribution in [-0.4, -0.2) is 9.78 Å². The smallest absolute Gasteiger partial charge is 0.0641 e. The van der Waals surface area contributed by atoms with Crippen LogP contribution in [0.4, 0.5) is 0 Å². The molecule has 5 heteroatoms. The van der Waals surface area contributed by atoms with Crippen LogP contribution in [0.15, 0.2) is 28.9 Å². The molecule has 1 heterocycles. The normalized spacial score (nSPS) is 12.7. The maximum absolute atomic E-state index is 6.22. The molecule has 0 radical (unpaired) electrons. The van der Waals surface area contributed by atoms with Crippen LogP contribution in [0.3, 0.4) is 0 Å². The van der Waals surface area contributed by atoms with Crippen molar-refractivity contribution >= 4 is 27.5 Å². The number of rotatable bonds is 3. The predicted octanol–water partition coefficient (Wildman–Crippen LogP) is 3.39. The lowest BCUT2D eigenvalue weighted by molar-refractivity contribution is 0.715. The van der Waals surface area contributed by atoms with E-state index >= 15 is 0 Å². The molecular formula is C13H15BrClN3. The molecule has 0 saturated carbocycles. The summed E-state index contributed by atoms with van der Waals surface area (Å²) in [6.07, 6.45) is 2.67. The van der Waals surface area contributed by atoms with E-state index in [0.29, 0.717) is 6.42 Å². The van der Waals surface area contributed by atoms with Gasteiger partial charge in [0.25, 0.3) is 0 Å². The molecule has 2 N–H and O–H groups in total. The second kappa shape index (κ2) is 5.43. The van der Waals surface area contributed by atoms with E-state index in [1.807, 2.05) is 38.4 Å². The first-order valence-corrected chi connectivity index (χ1v) is 6.84. The summed E-state index contributed by atoms with van der Waals surface area (Å²) in [7, 11) is 1.90. The Morgan fingerprint density at radius 3 is 2.78 bits per heavy atom. The van der Waals surface area contributed by atoms with Crippen molar-refractivity contribution in [2.24, 2.45) is 12.8 Å².